The molecule has 188 valence electrons. The van der Waals surface area contributed by atoms with Crippen LogP contribution in [0, 0.1) is 0 Å². The fourth-order valence-corrected chi connectivity index (χ4v) is 2.42. The van der Waals surface area contributed by atoms with Gasteiger partial charge in [-0.05, 0) is 18.9 Å². The molecule has 0 spiro atoms. The lowest BCUT2D eigenvalue weighted by molar-refractivity contribution is -0.148. The highest BCUT2D eigenvalue weighted by atomic mass is 19.3. The number of allylic oxidation sites excluding steroid dienone is 3. The lowest BCUT2D eigenvalue weighted by atomic mass is 9.94. The highest BCUT2D eigenvalue weighted by Crippen LogP contribution is 2.29. The van der Waals surface area contributed by atoms with Crippen LogP contribution in [0.25, 0.3) is 0 Å². The standard InChI is InChI=1S/C19H27F2N3O6.CH2F2/c1-4-6-11(5-2)7-13(15(26)19(3)10-30-19)23-17(28)14(9-29-18(20)21)24-16(27)12(22)8-25;2-1-3/h4-6,12-14,18,25H,1-2,7-10,22H2,3H3,(H,23,28)(H,24,27);1H2/b11-6+;/t12?,13?,14-,19+;/m0./s1. The molecule has 0 radical (unpaired) electrons. The third-order valence-electron chi connectivity index (χ3n) is 4.32. The molecule has 2 amide bonds. The number of hydrogen-bond donors (Lipinski definition) is 4. The molecule has 13 heteroatoms. The first-order valence-corrected chi connectivity index (χ1v) is 9.60. The fraction of sp³-hybridized carbons (Fsp3) is 0.550. The van der Waals surface area contributed by atoms with Crippen molar-refractivity contribution in [2.75, 3.05) is 26.7 Å². The molecule has 4 atom stereocenters. The van der Waals surface area contributed by atoms with Crippen LogP contribution in [0.3, 0.4) is 0 Å². The largest absolute Gasteiger partial charge is 0.394 e. The number of carbonyl (C=O) groups is 3. The lowest BCUT2D eigenvalue weighted by Crippen LogP contribution is -2.57. The van der Waals surface area contributed by atoms with Gasteiger partial charge in [-0.25, -0.2) is 8.78 Å². The number of halogens is 4. The zero-order valence-electron chi connectivity index (χ0n) is 18.1. The summed E-state index contributed by atoms with van der Waals surface area (Å²) >= 11 is 0. The second-order valence-corrected chi connectivity index (χ2v) is 6.88. The summed E-state index contributed by atoms with van der Waals surface area (Å²) in [6.07, 6.45) is 4.58. The van der Waals surface area contributed by atoms with Gasteiger partial charge in [-0.15, -0.1) is 0 Å². The Morgan fingerprint density at radius 3 is 2.18 bits per heavy atom. The van der Waals surface area contributed by atoms with Crippen LogP contribution < -0.4 is 16.4 Å². The Morgan fingerprint density at radius 1 is 1.21 bits per heavy atom. The van der Waals surface area contributed by atoms with Crippen molar-refractivity contribution >= 4 is 17.6 Å². The van der Waals surface area contributed by atoms with Gasteiger partial charge in [-0.2, -0.15) is 8.78 Å². The van der Waals surface area contributed by atoms with Crippen molar-refractivity contribution in [3.05, 3.63) is 37.0 Å². The molecule has 1 saturated heterocycles. The minimum Gasteiger partial charge on any atom is -0.394 e. The summed E-state index contributed by atoms with van der Waals surface area (Å²) in [7, 11) is 0. The van der Waals surface area contributed by atoms with Gasteiger partial charge in [0.05, 0.1) is 25.9 Å². The molecule has 5 N–H and O–H groups in total. The Kier molecular flexibility index (Phi) is 14.1. The van der Waals surface area contributed by atoms with Crippen LogP contribution in [0.4, 0.5) is 17.6 Å². The summed E-state index contributed by atoms with van der Waals surface area (Å²) in [5.41, 5.74) is 4.88. The zero-order chi connectivity index (χ0) is 25.6. The van der Waals surface area contributed by atoms with Crippen molar-refractivity contribution in [2.45, 2.75) is 43.7 Å². The number of nitrogens with one attached hydrogen (secondary N) is 2. The average molecular weight is 483 g/mol. The summed E-state index contributed by atoms with van der Waals surface area (Å²) in [6, 6.07) is -4.04. The molecule has 0 aromatic rings. The predicted octanol–water partition coefficient (Wildman–Crippen LogP) is 0.444. The Bertz CT molecular complexity index is 716. The summed E-state index contributed by atoms with van der Waals surface area (Å²) in [4.78, 5) is 37.3. The summed E-state index contributed by atoms with van der Waals surface area (Å²) < 4.78 is 53.4. The Labute approximate surface area is 188 Å². The van der Waals surface area contributed by atoms with E-state index >= 15 is 0 Å². The molecule has 0 aliphatic carbocycles. The number of Topliss-reactive ketones (excluding diaryl/α,β-unsaturated/α-hetero) is 1. The molecule has 1 heterocycles. The Hall–Kier alpha value is -2.61. The number of ketones is 1. The number of aliphatic hydroxyl groups excluding tert-OH is 1. The van der Waals surface area contributed by atoms with E-state index in [0.717, 1.165) is 0 Å². The van der Waals surface area contributed by atoms with Gasteiger partial charge in [-0.3, -0.25) is 14.4 Å². The molecule has 2 unspecified atom stereocenters. The maximum Gasteiger partial charge on any atom is 0.345 e. The summed E-state index contributed by atoms with van der Waals surface area (Å²) in [6.45, 7) is 2.38. The van der Waals surface area contributed by atoms with Crippen LogP contribution in [0.1, 0.15) is 13.3 Å². The van der Waals surface area contributed by atoms with E-state index in [2.05, 4.69) is 28.5 Å². The number of ether oxygens (including phenoxy) is 2. The Morgan fingerprint density at radius 2 is 1.76 bits per heavy atom. The van der Waals surface area contributed by atoms with Gasteiger partial charge in [-0.1, -0.05) is 31.4 Å². The van der Waals surface area contributed by atoms with E-state index in [1.807, 2.05) is 0 Å². The SMILES string of the molecule is C=C/C=C(\C=C)CC(NC(=O)[C@H](COC(F)F)NC(=O)C(N)CO)C(=O)[C@@]1(C)CO1.FCF. The monoisotopic (exact) mass is 483 g/mol. The molecule has 1 fully saturated rings. The van der Waals surface area contributed by atoms with Gasteiger partial charge in [0.15, 0.2) is 5.78 Å². The number of hydrogen-bond acceptors (Lipinski definition) is 7. The van der Waals surface area contributed by atoms with Crippen LogP contribution >= 0.6 is 0 Å². The molecule has 9 nitrogen and oxygen atoms in total. The number of alkyl halides is 4. The van der Waals surface area contributed by atoms with Gasteiger partial charge in [0, 0.05) is 0 Å². The molecule has 0 bridgehead atoms. The molecule has 1 aliphatic heterocycles. The van der Waals surface area contributed by atoms with E-state index in [9.17, 15) is 31.9 Å². The number of nitrogens with two attached hydrogens (primary N) is 1. The molecule has 0 aromatic heterocycles. The molecule has 33 heavy (non-hydrogen) atoms. The summed E-state index contributed by atoms with van der Waals surface area (Å²) in [5, 5.41) is 13.5. The van der Waals surface area contributed by atoms with E-state index in [0.29, 0.717) is 5.57 Å². The molecular weight excluding hydrogens is 454 g/mol. The van der Waals surface area contributed by atoms with Gasteiger partial charge >= 0.3 is 6.61 Å². The quantitative estimate of drug-likeness (QED) is 0.160. The lowest BCUT2D eigenvalue weighted by Gasteiger charge is -2.24. The highest BCUT2D eigenvalue weighted by Gasteiger charge is 2.50. The third kappa shape index (κ3) is 11.2. The smallest absolute Gasteiger partial charge is 0.345 e. The number of epoxide rings is 1. The number of amides is 2. The van der Waals surface area contributed by atoms with E-state index in [1.54, 1.807) is 13.0 Å². The first kappa shape index (κ1) is 30.4. The zero-order valence-corrected chi connectivity index (χ0v) is 18.1. The van der Waals surface area contributed by atoms with Crippen molar-refractivity contribution in [3.63, 3.8) is 0 Å². The van der Waals surface area contributed by atoms with Crippen LogP contribution in [-0.4, -0.2) is 79.8 Å². The summed E-state index contributed by atoms with van der Waals surface area (Å²) in [5.74, 6) is -2.33. The minimum atomic E-state index is -3.19. The van der Waals surface area contributed by atoms with Crippen molar-refractivity contribution in [3.8, 4) is 0 Å². The van der Waals surface area contributed by atoms with Crippen molar-refractivity contribution in [1.29, 1.82) is 0 Å². The second-order valence-electron chi connectivity index (χ2n) is 6.88. The molecule has 1 rings (SSSR count). The van der Waals surface area contributed by atoms with Crippen LogP contribution in [0.2, 0.25) is 0 Å². The first-order chi connectivity index (χ1) is 15.5. The minimum absolute atomic E-state index is 0.0333. The van der Waals surface area contributed by atoms with Crippen molar-refractivity contribution in [2.24, 2.45) is 5.73 Å². The average Bonchev–Trinajstić information content (AvgIpc) is 3.52. The van der Waals surface area contributed by atoms with Crippen molar-refractivity contribution < 1.29 is 46.5 Å². The topological polar surface area (TPSA) is 143 Å². The predicted molar refractivity (Wildman–Crippen MR) is 110 cm³/mol. The second kappa shape index (κ2) is 15.3. The van der Waals surface area contributed by atoms with E-state index < -0.39 is 68.1 Å². The highest BCUT2D eigenvalue weighted by molar-refractivity contribution is 5.98. The van der Waals surface area contributed by atoms with Gasteiger partial charge in [0.2, 0.25) is 18.7 Å². The molecule has 1 aliphatic rings. The van der Waals surface area contributed by atoms with E-state index in [4.69, 9.17) is 15.6 Å². The van der Waals surface area contributed by atoms with Crippen LogP contribution in [0.15, 0.2) is 37.0 Å². The fourth-order valence-electron chi connectivity index (χ4n) is 2.42. The van der Waals surface area contributed by atoms with Gasteiger partial charge < -0.3 is 30.9 Å². The van der Waals surface area contributed by atoms with E-state index in [-0.39, 0.29) is 13.0 Å². The normalized spacial score (nSPS) is 19.9. The molecule has 0 aromatic carbocycles. The number of carbonyl (C=O) groups excluding carboxylic acids is 3. The van der Waals surface area contributed by atoms with Crippen LogP contribution in [0.5, 0.6) is 0 Å². The van der Waals surface area contributed by atoms with Gasteiger partial charge in [0.25, 0.3) is 0 Å². The number of aliphatic hydroxyl groups is 1. The van der Waals surface area contributed by atoms with Gasteiger partial charge in [0.1, 0.15) is 17.7 Å². The van der Waals surface area contributed by atoms with E-state index in [1.165, 1.54) is 12.2 Å². The van der Waals surface area contributed by atoms with Crippen molar-refractivity contribution in [1.82, 2.24) is 10.6 Å². The first-order valence-electron chi connectivity index (χ1n) is 9.60. The number of rotatable bonds is 14. The maximum absolute atomic E-state index is 12.8. The molecular formula is C20H29F4N3O6. The third-order valence-corrected chi connectivity index (χ3v) is 4.32. The molecule has 0 saturated carbocycles. The Balaban J connectivity index is 0.00000322. The maximum atomic E-state index is 12.8. The van der Waals surface area contributed by atoms with Crippen LogP contribution in [-0.2, 0) is 23.9 Å².